The van der Waals surface area contributed by atoms with Crippen LogP contribution >= 0.6 is 0 Å². The second kappa shape index (κ2) is 16.8. The molecule has 8 heteroatoms. The van der Waals surface area contributed by atoms with Crippen LogP contribution < -0.4 is 9.47 Å². The van der Waals surface area contributed by atoms with E-state index in [9.17, 15) is 30.0 Å². The summed E-state index contributed by atoms with van der Waals surface area (Å²) >= 11 is 0. The van der Waals surface area contributed by atoms with E-state index in [-0.39, 0.29) is 46.6 Å². The number of aromatic hydroxyl groups is 2. The Balaban J connectivity index is 2.07. The van der Waals surface area contributed by atoms with Crippen LogP contribution in [0.5, 0.6) is 23.0 Å². The molecule has 0 amide bonds. The first-order chi connectivity index (χ1) is 28.5. The van der Waals surface area contributed by atoms with Gasteiger partial charge in [0.1, 0.15) is 23.0 Å². The zero-order valence-electron chi connectivity index (χ0n) is 39.6. The van der Waals surface area contributed by atoms with Crippen molar-refractivity contribution < 1.29 is 39.5 Å². The number of hydrogen-bond acceptors (Lipinski definition) is 6. The Hall–Kier alpha value is -5.76. The first-order valence-electron chi connectivity index (χ1n) is 21.2. The van der Waals surface area contributed by atoms with Gasteiger partial charge in [-0.05, 0) is 105 Å². The average molecular weight is 843 g/mol. The summed E-state index contributed by atoms with van der Waals surface area (Å²) in [6.07, 6.45) is 0.365. The number of ether oxygens (including phenoxy) is 2. The normalized spacial score (nSPS) is 12.4. The third-order valence-corrected chi connectivity index (χ3v) is 11.7. The molecule has 5 aromatic carbocycles. The van der Waals surface area contributed by atoms with E-state index in [1.54, 1.807) is 14.2 Å². The fourth-order valence-corrected chi connectivity index (χ4v) is 8.64. The number of rotatable bonds is 10. The third kappa shape index (κ3) is 9.50. The van der Waals surface area contributed by atoms with Crippen LogP contribution in [0.1, 0.15) is 159 Å². The number of phenolic OH excluding ortho intramolecular Hbond substituents is 2. The first-order valence-corrected chi connectivity index (χ1v) is 21.2. The van der Waals surface area contributed by atoms with Crippen molar-refractivity contribution in [3.05, 3.63) is 127 Å². The molecule has 0 bridgehead atoms. The standard InChI is InChI=1S/C54H66O8/c1-29-19-31(23-33-25-35(61-15)27-41(47(33)55)53(9,10)11)43(39(21-29)51(3,4)5)45-37(49(57)58)17-18-38(50(59)60)46(45)44-32(20-30(2)22-40(44)52(6,7)8)24-34-26-36(62-16)28-42(48(34)56)54(12,13)14/h17-22,25-28,55-56H,23-24H2,1-16H3,(H,57,58)(H,59,60). The molecule has 330 valence electrons. The van der Waals surface area contributed by atoms with Gasteiger partial charge >= 0.3 is 11.9 Å². The van der Waals surface area contributed by atoms with Crippen LogP contribution in [-0.4, -0.2) is 46.6 Å². The number of aryl methyl sites for hydroxylation is 2. The Bertz CT molecular complexity index is 2390. The molecule has 0 saturated heterocycles. The summed E-state index contributed by atoms with van der Waals surface area (Å²) < 4.78 is 11.5. The fourth-order valence-electron chi connectivity index (χ4n) is 8.64. The Kier molecular flexibility index (Phi) is 12.8. The third-order valence-electron chi connectivity index (χ3n) is 11.7. The van der Waals surface area contributed by atoms with Crippen LogP contribution in [0.25, 0.3) is 22.3 Å². The highest BCUT2D eigenvalue weighted by Crippen LogP contribution is 2.50. The van der Waals surface area contributed by atoms with E-state index in [4.69, 9.17) is 9.47 Å². The molecule has 0 aromatic heterocycles. The molecule has 0 unspecified atom stereocenters. The van der Waals surface area contributed by atoms with Gasteiger partial charge in [-0.15, -0.1) is 0 Å². The predicted octanol–water partition coefficient (Wildman–Crippen LogP) is 12.8. The lowest BCUT2D eigenvalue weighted by atomic mass is 9.71. The van der Waals surface area contributed by atoms with E-state index in [2.05, 4.69) is 53.7 Å². The van der Waals surface area contributed by atoms with Crippen molar-refractivity contribution in [1.29, 1.82) is 0 Å². The molecule has 0 radical (unpaired) electrons. The maximum absolute atomic E-state index is 13.8. The molecular weight excluding hydrogens is 777 g/mol. The molecule has 8 nitrogen and oxygen atoms in total. The lowest BCUT2D eigenvalue weighted by Crippen LogP contribution is -2.19. The van der Waals surface area contributed by atoms with E-state index >= 15 is 0 Å². The number of aromatic carboxylic acids is 2. The van der Waals surface area contributed by atoms with Crippen LogP contribution in [0.3, 0.4) is 0 Å². The summed E-state index contributed by atoms with van der Waals surface area (Å²) in [7, 11) is 3.17. The summed E-state index contributed by atoms with van der Waals surface area (Å²) in [5.74, 6) is -1.05. The topological polar surface area (TPSA) is 134 Å². The van der Waals surface area contributed by atoms with Gasteiger partial charge in [0.25, 0.3) is 0 Å². The molecule has 0 heterocycles. The lowest BCUT2D eigenvalue weighted by molar-refractivity contribution is 0.0682. The maximum Gasteiger partial charge on any atom is 0.336 e. The van der Waals surface area contributed by atoms with Crippen molar-refractivity contribution in [1.82, 2.24) is 0 Å². The van der Waals surface area contributed by atoms with Crippen LogP contribution in [0.2, 0.25) is 0 Å². The quantitative estimate of drug-likeness (QED) is 0.109. The molecule has 0 saturated carbocycles. The Labute approximate surface area is 368 Å². The molecule has 0 aliphatic carbocycles. The average Bonchev–Trinajstić information content (AvgIpc) is 3.13. The lowest BCUT2D eigenvalue weighted by Gasteiger charge is -2.32. The van der Waals surface area contributed by atoms with Crippen molar-refractivity contribution in [2.24, 2.45) is 0 Å². The predicted molar refractivity (Wildman–Crippen MR) is 250 cm³/mol. The van der Waals surface area contributed by atoms with Crippen molar-refractivity contribution in [2.75, 3.05) is 14.2 Å². The summed E-state index contributed by atoms with van der Waals surface area (Å²) in [6, 6.07) is 18.2. The van der Waals surface area contributed by atoms with E-state index in [0.29, 0.717) is 44.9 Å². The summed E-state index contributed by atoms with van der Waals surface area (Å²) in [6.45, 7) is 28.5. The Morgan fingerprint density at radius 3 is 1.02 bits per heavy atom. The minimum absolute atomic E-state index is 0.0588. The molecule has 4 N–H and O–H groups in total. The van der Waals surface area contributed by atoms with E-state index in [1.165, 1.54) is 12.1 Å². The number of carboxylic acid groups (broad SMARTS) is 2. The molecule has 0 spiro atoms. The summed E-state index contributed by atoms with van der Waals surface area (Å²) in [5, 5.41) is 46.4. The maximum atomic E-state index is 13.8. The molecule has 0 fully saturated rings. The molecule has 5 rings (SSSR count). The van der Waals surface area contributed by atoms with Gasteiger partial charge in [-0.2, -0.15) is 0 Å². The summed E-state index contributed by atoms with van der Waals surface area (Å²) in [4.78, 5) is 27.5. The molecule has 62 heavy (non-hydrogen) atoms. The van der Waals surface area contributed by atoms with Crippen LogP contribution in [-0.2, 0) is 34.5 Å². The van der Waals surface area contributed by atoms with Gasteiger partial charge in [0.2, 0.25) is 0 Å². The second-order valence-electron chi connectivity index (χ2n) is 20.9. The van der Waals surface area contributed by atoms with Gasteiger partial charge < -0.3 is 29.9 Å². The van der Waals surface area contributed by atoms with Gasteiger partial charge in [-0.3, -0.25) is 0 Å². The second-order valence-corrected chi connectivity index (χ2v) is 20.9. The summed E-state index contributed by atoms with van der Waals surface area (Å²) in [5.41, 5.74) is 7.12. The highest BCUT2D eigenvalue weighted by atomic mass is 16.5. The fraction of sp³-hybridized carbons (Fsp3) is 0.407. The van der Waals surface area contributed by atoms with E-state index in [1.807, 2.05) is 91.8 Å². The number of carbonyl (C=O) groups is 2. The van der Waals surface area contributed by atoms with Crippen LogP contribution in [0.15, 0.2) is 60.7 Å². The van der Waals surface area contributed by atoms with Gasteiger partial charge in [0.05, 0.1) is 25.3 Å². The number of hydrogen-bond donors (Lipinski definition) is 4. The number of carboxylic acids is 2. The molecule has 0 aliphatic heterocycles. The van der Waals surface area contributed by atoms with Crippen LogP contribution in [0, 0.1) is 13.8 Å². The van der Waals surface area contributed by atoms with Gasteiger partial charge in [0.15, 0.2) is 0 Å². The highest BCUT2D eigenvalue weighted by molar-refractivity contribution is 6.10. The van der Waals surface area contributed by atoms with Crippen molar-refractivity contribution >= 4 is 11.9 Å². The van der Waals surface area contributed by atoms with E-state index < -0.39 is 33.6 Å². The first kappa shape index (κ1) is 47.3. The monoisotopic (exact) mass is 842 g/mol. The minimum atomic E-state index is -1.21. The van der Waals surface area contributed by atoms with Crippen LogP contribution in [0.4, 0.5) is 0 Å². The molecule has 0 aliphatic rings. The van der Waals surface area contributed by atoms with Gasteiger partial charge in [-0.25, -0.2) is 9.59 Å². The number of methoxy groups -OCH3 is 2. The van der Waals surface area contributed by atoms with Crippen molar-refractivity contribution in [3.8, 4) is 45.3 Å². The highest BCUT2D eigenvalue weighted by Gasteiger charge is 2.35. The zero-order valence-corrected chi connectivity index (χ0v) is 39.6. The zero-order chi connectivity index (χ0) is 46.6. The SMILES string of the molecule is COc1cc(Cc2cc(C)cc(C(C)(C)C)c2-c2c(C(=O)O)ccc(C(=O)O)c2-c2c(Cc3cc(OC)cc(C(C)(C)C)c3O)cc(C)cc2C(C)(C)C)c(O)c(C(C)(C)C)c1. The van der Waals surface area contributed by atoms with Gasteiger partial charge in [-0.1, -0.05) is 118 Å². The van der Waals surface area contributed by atoms with Crippen molar-refractivity contribution in [3.63, 3.8) is 0 Å². The Morgan fingerprint density at radius 2 is 0.758 bits per heavy atom. The number of phenols is 2. The van der Waals surface area contributed by atoms with Crippen molar-refractivity contribution in [2.45, 2.75) is 131 Å². The minimum Gasteiger partial charge on any atom is -0.507 e. The Morgan fingerprint density at radius 1 is 0.452 bits per heavy atom. The number of benzene rings is 5. The van der Waals surface area contributed by atoms with Gasteiger partial charge in [0, 0.05) is 46.2 Å². The smallest absolute Gasteiger partial charge is 0.336 e. The molecule has 5 aromatic rings. The molecule has 0 atom stereocenters. The molecular formula is C54H66O8. The largest absolute Gasteiger partial charge is 0.507 e. The van der Waals surface area contributed by atoms with E-state index in [0.717, 1.165) is 33.4 Å².